The molecule has 1 aliphatic heterocycles. The minimum Gasteiger partial charge on any atom is -0.504 e. The van der Waals surface area contributed by atoms with Crippen LogP contribution >= 0.6 is 0 Å². The summed E-state index contributed by atoms with van der Waals surface area (Å²) in [4.78, 5) is 0. The molecule has 1 unspecified atom stereocenters. The summed E-state index contributed by atoms with van der Waals surface area (Å²) < 4.78 is 5.11. The number of rotatable bonds is 2. The Hall–Kier alpha value is -1.22. The fourth-order valence-corrected chi connectivity index (χ4v) is 2.26. The second kappa shape index (κ2) is 3.74. The molecule has 1 saturated heterocycles. The Morgan fingerprint density at radius 2 is 2.27 bits per heavy atom. The van der Waals surface area contributed by atoms with Crippen molar-refractivity contribution in [1.82, 2.24) is 5.32 Å². The van der Waals surface area contributed by atoms with Crippen LogP contribution in [0.4, 0.5) is 0 Å². The number of phenolic OH excluding ortho intramolecular Hbond substituents is 1. The van der Waals surface area contributed by atoms with E-state index in [9.17, 15) is 5.11 Å². The van der Waals surface area contributed by atoms with Crippen LogP contribution in [0.25, 0.3) is 0 Å². The number of hydrogen-bond donors (Lipinski definition) is 2. The van der Waals surface area contributed by atoms with Gasteiger partial charge < -0.3 is 15.2 Å². The molecule has 0 amide bonds. The smallest absolute Gasteiger partial charge is 0.162 e. The van der Waals surface area contributed by atoms with Crippen molar-refractivity contribution in [3.8, 4) is 11.5 Å². The van der Waals surface area contributed by atoms with Crippen molar-refractivity contribution < 1.29 is 9.84 Å². The van der Waals surface area contributed by atoms with Crippen LogP contribution in [0, 0.1) is 0 Å². The molecule has 0 bridgehead atoms. The standard InChI is InChI=1S/C12H17NO2/c1-12(7-4-8-13-12)9-5-3-6-10(15-2)11(9)14/h3,5-6,13-14H,4,7-8H2,1-2H3. The number of methoxy groups -OCH3 is 1. The number of hydrogen-bond acceptors (Lipinski definition) is 3. The van der Waals surface area contributed by atoms with Crippen LogP contribution in [-0.2, 0) is 5.54 Å². The van der Waals surface area contributed by atoms with E-state index in [0.29, 0.717) is 5.75 Å². The van der Waals surface area contributed by atoms with Gasteiger partial charge in [0.1, 0.15) is 0 Å². The van der Waals surface area contributed by atoms with Gasteiger partial charge in [0, 0.05) is 11.1 Å². The third kappa shape index (κ3) is 1.67. The summed E-state index contributed by atoms with van der Waals surface area (Å²) in [6, 6.07) is 5.65. The molecule has 82 valence electrons. The number of ether oxygens (including phenoxy) is 1. The average molecular weight is 207 g/mol. The Labute approximate surface area is 90.1 Å². The molecule has 15 heavy (non-hydrogen) atoms. The second-order valence-electron chi connectivity index (χ2n) is 4.22. The highest BCUT2D eigenvalue weighted by Crippen LogP contribution is 2.40. The number of benzene rings is 1. The van der Waals surface area contributed by atoms with Crippen LogP contribution < -0.4 is 10.1 Å². The summed E-state index contributed by atoms with van der Waals surface area (Å²) in [6.45, 7) is 3.13. The largest absolute Gasteiger partial charge is 0.504 e. The van der Waals surface area contributed by atoms with E-state index in [0.717, 1.165) is 24.9 Å². The third-order valence-corrected chi connectivity index (χ3v) is 3.18. The quantitative estimate of drug-likeness (QED) is 0.779. The zero-order valence-corrected chi connectivity index (χ0v) is 9.21. The minimum atomic E-state index is -0.112. The van der Waals surface area contributed by atoms with Gasteiger partial charge in [-0.25, -0.2) is 0 Å². The first-order valence-corrected chi connectivity index (χ1v) is 5.29. The highest BCUT2D eigenvalue weighted by Gasteiger charge is 2.33. The maximum absolute atomic E-state index is 10.0. The second-order valence-corrected chi connectivity index (χ2v) is 4.22. The first-order valence-electron chi connectivity index (χ1n) is 5.29. The van der Waals surface area contributed by atoms with Crippen molar-refractivity contribution in [3.05, 3.63) is 23.8 Å². The lowest BCUT2D eigenvalue weighted by Gasteiger charge is -2.26. The normalized spacial score (nSPS) is 25.5. The molecule has 1 fully saturated rings. The topological polar surface area (TPSA) is 41.5 Å². The molecule has 1 heterocycles. The van der Waals surface area contributed by atoms with E-state index >= 15 is 0 Å². The van der Waals surface area contributed by atoms with Crippen LogP contribution in [0.3, 0.4) is 0 Å². The van der Waals surface area contributed by atoms with E-state index < -0.39 is 0 Å². The van der Waals surface area contributed by atoms with Gasteiger partial charge in [0.2, 0.25) is 0 Å². The SMILES string of the molecule is COc1cccc(C2(C)CCCN2)c1O. The zero-order valence-electron chi connectivity index (χ0n) is 9.21. The van der Waals surface area contributed by atoms with Gasteiger partial charge in [-0.1, -0.05) is 12.1 Å². The molecule has 2 rings (SSSR count). The molecule has 1 atom stereocenters. The summed E-state index contributed by atoms with van der Waals surface area (Å²) in [5.74, 6) is 0.805. The minimum absolute atomic E-state index is 0.112. The van der Waals surface area contributed by atoms with Crippen molar-refractivity contribution in [1.29, 1.82) is 0 Å². The molecule has 0 radical (unpaired) electrons. The molecule has 0 saturated carbocycles. The summed E-state index contributed by atoms with van der Waals surface area (Å²) >= 11 is 0. The summed E-state index contributed by atoms with van der Waals surface area (Å²) in [5.41, 5.74) is 0.817. The van der Waals surface area contributed by atoms with Gasteiger partial charge in [-0.2, -0.15) is 0 Å². The molecule has 1 aromatic rings. The Morgan fingerprint density at radius 1 is 1.47 bits per heavy atom. The van der Waals surface area contributed by atoms with Crippen LogP contribution in [0.15, 0.2) is 18.2 Å². The van der Waals surface area contributed by atoms with Gasteiger partial charge in [-0.3, -0.25) is 0 Å². The van der Waals surface area contributed by atoms with Gasteiger partial charge in [-0.05, 0) is 32.4 Å². The van der Waals surface area contributed by atoms with Crippen molar-refractivity contribution in [2.24, 2.45) is 0 Å². The van der Waals surface area contributed by atoms with Gasteiger partial charge in [0.05, 0.1) is 7.11 Å². The summed E-state index contributed by atoms with van der Waals surface area (Å²) in [5, 5.41) is 13.5. The van der Waals surface area contributed by atoms with Crippen molar-refractivity contribution in [2.45, 2.75) is 25.3 Å². The Morgan fingerprint density at radius 3 is 2.87 bits per heavy atom. The molecule has 2 N–H and O–H groups in total. The molecule has 0 aromatic heterocycles. The number of para-hydroxylation sites is 1. The van der Waals surface area contributed by atoms with Gasteiger partial charge in [-0.15, -0.1) is 0 Å². The van der Waals surface area contributed by atoms with Crippen LogP contribution in [-0.4, -0.2) is 18.8 Å². The van der Waals surface area contributed by atoms with E-state index in [-0.39, 0.29) is 11.3 Å². The monoisotopic (exact) mass is 207 g/mol. The third-order valence-electron chi connectivity index (χ3n) is 3.18. The van der Waals surface area contributed by atoms with Crippen molar-refractivity contribution >= 4 is 0 Å². The van der Waals surface area contributed by atoms with E-state index in [1.165, 1.54) is 0 Å². The first-order chi connectivity index (χ1) is 7.17. The van der Waals surface area contributed by atoms with Crippen LogP contribution in [0.5, 0.6) is 11.5 Å². The fourth-order valence-electron chi connectivity index (χ4n) is 2.26. The first kappa shape index (κ1) is 10.3. The lowest BCUT2D eigenvalue weighted by molar-refractivity contribution is 0.351. The lowest BCUT2D eigenvalue weighted by Crippen LogP contribution is -2.33. The summed E-state index contributed by atoms with van der Waals surface area (Å²) in [7, 11) is 1.57. The Bertz CT molecular complexity index is 357. The van der Waals surface area contributed by atoms with Gasteiger partial charge >= 0.3 is 0 Å². The van der Waals surface area contributed by atoms with E-state index in [2.05, 4.69) is 12.2 Å². The van der Waals surface area contributed by atoms with E-state index in [4.69, 9.17) is 4.74 Å². The highest BCUT2D eigenvalue weighted by atomic mass is 16.5. The molecule has 3 nitrogen and oxygen atoms in total. The number of nitrogens with one attached hydrogen (secondary N) is 1. The predicted molar refractivity (Wildman–Crippen MR) is 59.2 cm³/mol. The van der Waals surface area contributed by atoms with E-state index in [1.807, 2.05) is 12.1 Å². The molecular weight excluding hydrogens is 190 g/mol. The molecular formula is C12H17NO2. The van der Waals surface area contributed by atoms with E-state index in [1.54, 1.807) is 13.2 Å². The Kier molecular flexibility index (Phi) is 2.57. The van der Waals surface area contributed by atoms with Crippen LogP contribution in [0.2, 0.25) is 0 Å². The number of aromatic hydroxyl groups is 1. The maximum Gasteiger partial charge on any atom is 0.162 e. The number of phenols is 1. The summed E-state index contributed by atoms with van der Waals surface area (Å²) in [6.07, 6.45) is 2.20. The van der Waals surface area contributed by atoms with Crippen LogP contribution in [0.1, 0.15) is 25.3 Å². The Balaban J connectivity index is 2.43. The molecule has 0 aliphatic carbocycles. The van der Waals surface area contributed by atoms with Gasteiger partial charge in [0.25, 0.3) is 0 Å². The van der Waals surface area contributed by atoms with Gasteiger partial charge in [0.15, 0.2) is 11.5 Å². The fraction of sp³-hybridized carbons (Fsp3) is 0.500. The van der Waals surface area contributed by atoms with Crippen molar-refractivity contribution in [2.75, 3.05) is 13.7 Å². The molecule has 1 aliphatic rings. The maximum atomic E-state index is 10.0. The average Bonchev–Trinajstić information content (AvgIpc) is 2.66. The highest BCUT2D eigenvalue weighted by molar-refractivity contribution is 5.48. The zero-order chi connectivity index (χ0) is 10.9. The molecule has 0 spiro atoms. The molecule has 3 heteroatoms. The lowest BCUT2D eigenvalue weighted by atomic mass is 9.89. The molecule has 1 aromatic carbocycles. The van der Waals surface area contributed by atoms with Crippen molar-refractivity contribution in [3.63, 3.8) is 0 Å². The predicted octanol–water partition coefficient (Wildman–Crippen LogP) is 2.00.